The second-order valence-corrected chi connectivity index (χ2v) is 9.66. The number of benzene rings is 2. The van der Waals surface area contributed by atoms with Crippen LogP contribution in [0.25, 0.3) is 0 Å². The summed E-state index contributed by atoms with van der Waals surface area (Å²) in [5, 5.41) is 0. The Balaban J connectivity index is 1.64. The summed E-state index contributed by atoms with van der Waals surface area (Å²) in [6.45, 7) is 12.3. The molecule has 6 nitrogen and oxygen atoms in total. The summed E-state index contributed by atoms with van der Waals surface area (Å²) in [5.41, 5.74) is 0.853. The van der Waals surface area contributed by atoms with Crippen molar-refractivity contribution >= 4 is 24.3 Å². The zero-order valence-corrected chi connectivity index (χ0v) is 19.6. The van der Waals surface area contributed by atoms with Gasteiger partial charge in [-0.25, -0.2) is 4.79 Å². The Morgan fingerprint density at radius 2 is 1.44 bits per heavy atom. The van der Waals surface area contributed by atoms with Crippen molar-refractivity contribution in [2.75, 3.05) is 13.2 Å². The van der Waals surface area contributed by atoms with Crippen LogP contribution in [0.4, 0.5) is 0 Å². The summed E-state index contributed by atoms with van der Waals surface area (Å²) in [5.74, 6) is -0.0625. The Hall–Kier alpha value is -2.64. The quantitative estimate of drug-likeness (QED) is 0.372. The van der Waals surface area contributed by atoms with Crippen molar-refractivity contribution in [3.8, 4) is 5.75 Å². The largest absolute Gasteiger partial charge is 0.493 e. The zero-order valence-electron chi connectivity index (χ0n) is 19.6. The van der Waals surface area contributed by atoms with Gasteiger partial charge in [0.05, 0.1) is 6.10 Å². The fourth-order valence-corrected chi connectivity index (χ4v) is 3.21. The molecule has 1 fully saturated rings. The van der Waals surface area contributed by atoms with Crippen LogP contribution in [0.3, 0.4) is 0 Å². The summed E-state index contributed by atoms with van der Waals surface area (Å²) in [4.78, 5) is 25.1. The third-order valence-corrected chi connectivity index (χ3v) is 5.02. The van der Waals surface area contributed by atoms with E-state index in [2.05, 4.69) is 13.8 Å². The molecule has 170 valence electrons. The van der Waals surface area contributed by atoms with Gasteiger partial charge >= 0.3 is 13.1 Å². The van der Waals surface area contributed by atoms with Gasteiger partial charge in [-0.3, -0.25) is 4.79 Å². The number of carbonyl (C=O) groups is 2. The number of ether oxygens (including phenoxy) is 2. The molecule has 0 aliphatic carbocycles. The van der Waals surface area contributed by atoms with E-state index in [4.69, 9.17) is 18.8 Å². The van der Waals surface area contributed by atoms with Crippen LogP contribution in [0, 0.1) is 5.41 Å². The molecule has 1 aliphatic heterocycles. The summed E-state index contributed by atoms with van der Waals surface area (Å²) in [7, 11) is -0.408. The van der Waals surface area contributed by atoms with Crippen LogP contribution in [0.15, 0.2) is 48.5 Å². The molecule has 0 aromatic heterocycles. The minimum atomic E-state index is -1.13. The second-order valence-electron chi connectivity index (χ2n) is 9.66. The average Bonchev–Trinajstić information content (AvgIpc) is 2.73. The highest BCUT2D eigenvalue weighted by Gasteiger charge is 2.34. The Bertz CT molecular complexity index is 937. The molecule has 1 aliphatic rings. The standard InChI is InChI=1S/C25H31BO6/c1-17(2)31-23(28)25(5,6)32-21-13-9-19(10-14-21)22(27)18-7-11-20(12-8-18)26-29-15-24(3,4)16-30-26/h7-14,17H,15-16H2,1-6H3. The van der Waals surface area contributed by atoms with E-state index in [1.165, 1.54) is 0 Å². The monoisotopic (exact) mass is 438 g/mol. The van der Waals surface area contributed by atoms with Crippen LogP contribution in [0.5, 0.6) is 5.75 Å². The van der Waals surface area contributed by atoms with E-state index in [1.54, 1.807) is 64.1 Å². The van der Waals surface area contributed by atoms with E-state index in [1.807, 2.05) is 12.1 Å². The van der Waals surface area contributed by atoms with Gasteiger partial charge in [0.1, 0.15) is 5.75 Å². The molecule has 32 heavy (non-hydrogen) atoms. The van der Waals surface area contributed by atoms with Crippen molar-refractivity contribution < 1.29 is 28.4 Å². The molecule has 3 rings (SSSR count). The maximum absolute atomic E-state index is 12.9. The first-order valence-electron chi connectivity index (χ1n) is 10.8. The molecule has 0 spiro atoms. The lowest BCUT2D eigenvalue weighted by molar-refractivity contribution is -0.163. The predicted octanol–water partition coefficient (Wildman–Crippen LogP) is 3.79. The van der Waals surface area contributed by atoms with Crippen LogP contribution >= 0.6 is 0 Å². The second kappa shape index (κ2) is 9.47. The van der Waals surface area contributed by atoms with E-state index >= 15 is 0 Å². The third-order valence-electron chi connectivity index (χ3n) is 5.02. The van der Waals surface area contributed by atoms with Gasteiger partial charge in [-0.1, -0.05) is 38.1 Å². The number of hydrogen-bond donors (Lipinski definition) is 0. The summed E-state index contributed by atoms with van der Waals surface area (Å²) < 4.78 is 22.6. The molecule has 1 saturated heterocycles. The predicted molar refractivity (Wildman–Crippen MR) is 123 cm³/mol. The van der Waals surface area contributed by atoms with E-state index in [9.17, 15) is 9.59 Å². The van der Waals surface area contributed by atoms with E-state index in [0.717, 1.165) is 5.46 Å². The van der Waals surface area contributed by atoms with Gasteiger partial charge < -0.3 is 18.8 Å². The van der Waals surface area contributed by atoms with Crippen molar-refractivity contribution in [3.05, 3.63) is 59.7 Å². The summed E-state index contributed by atoms with van der Waals surface area (Å²) in [6.07, 6.45) is -0.222. The smallest absolute Gasteiger partial charge is 0.476 e. The minimum absolute atomic E-state index is 0.00619. The minimum Gasteiger partial charge on any atom is -0.476 e. The van der Waals surface area contributed by atoms with Crippen molar-refractivity contribution in [1.82, 2.24) is 0 Å². The molecule has 0 N–H and O–H groups in total. The topological polar surface area (TPSA) is 71.1 Å². The highest BCUT2D eigenvalue weighted by atomic mass is 16.6. The zero-order chi connectivity index (χ0) is 23.5. The number of rotatable bonds is 7. The number of carbonyl (C=O) groups excluding carboxylic acids is 2. The van der Waals surface area contributed by atoms with Crippen LogP contribution in [0.1, 0.15) is 57.5 Å². The Morgan fingerprint density at radius 3 is 1.94 bits per heavy atom. The molecule has 0 atom stereocenters. The van der Waals surface area contributed by atoms with Gasteiger partial charge in [-0.2, -0.15) is 0 Å². The van der Waals surface area contributed by atoms with E-state index in [0.29, 0.717) is 30.1 Å². The molecule has 0 radical (unpaired) electrons. The van der Waals surface area contributed by atoms with E-state index in [-0.39, 0.29) is 17.3 Å². The average molecular weight is 438 g/mol. The van der Waals surface area contributed by atoms with Crippen LogP contribution in [-0.4, -0.2) is 43.8 Å². The molecular formula is C25H31BO6. The highest BCUT2D eigenvalue weighted by molar-refractivity contribution is 6.61. The molecule has 0 bridgehead atoms. The maximum Gasteiger partial charge on any atom is 0.493 e. The number of ketones is 1. The molecule has 0 amide bonds. The van der Waals surface area contributed by atoms with Crippen molar-refractivity contribution in [3.63, 3.8) is 0 Å². The number of hydrogen-bond acceptors (Lipinski definition) is 6. The molecule has 7 heteroatoms. The van der Waals surface area contributed by atoms with Gasteiger partial charge in [-0.05, 0) is 57.4 Å². The first kappa shape index (κ1) is 24.0. The van der Waals surface area contributed by atoms with Crippen LogP contribution in [-0.2, 0) is 18.8 Å². The molecule has 2 aromatic rings. The summed E-state index contributed by atoms with van der Waals surface area (Å²) >= 11 is 0. The molecule has 1 heterocycles. The van der Waals surface area contributed by atoms with E-state index < -0.39 is 18.7 Å². The fourth-order valence-electron chi connectivity index (χ4n) is 3.21. The Morgan fingerprint density at radius 1 is 0.938 bits per heavy atom. The normalized spacial score (nSPS) is 16.0. The van der Waals surface area contributed by atoms with Crippen molar-refractivity contribution in [2.45, 2.75) is 53.2 Å². The van der Waals surface area contributed by atoms with Gasteiger partial charge in [0, 0.05) is 29.8 Å². The summed E-state index contributed by atoms with van der Waals surface area (Å²) in [6, 6.07) is 14.0. The first-order chi connectivity index (χ1) is 15.0. The Kier molecular flexibility index (Phi) is 7.11. The lowest BCUT2D eigenvalue weighted by atomic mass is 9.75. The maximum atomic E-state index is 12.9. The van der Waals surface area contributed by atoms with Gasteiger partial charge in [0.25, 0.3) is 0 Å². The SMILES string of the molecule is CC(C)OC(=O)C(C)(C)Oc1ccc(C(=O)c2ccc(B3OCC(C)(C)CO3)cc2)cc1. The molecule has 0 unspecified atom stereocenters. The van der Waals surface area contributed by atoms with Gasteiger partial charge in [-0.15, -0.1) is 0 Å². The van der Waals surface area contributed by atoms with Crippen LogP contribution in [0.2, 0.25) is 0 Å². The number of esters is 1. The fraction of sp³-hybridized carbons (Fsp3) is 0.440. The Labute approximate surface area is 190 Å². The lowest BCUT2D eigenvalue weighted by Crippen LogP contribution is -2.47. The van der Waals surface area contributed by atoms with Gasteiger partial charge in [0.2, 0.25) is 0 Å². The lowest BCUT2D eigenvalue weighted by Gasteiger charge is -2.33. The molecule has 0 saturated carbocycles. The van der Waals surface area contributed by atoms with Gasteiger partial charge in [0.15, 0.2) is 11.4 Å². The van der Waals surface area contributed by atoms with Crippen molar-refractivity contribution in [1.29, 1.82) is 0 Å². The third kappa shape index (κ3) is 5.99. The molecular weight excluding hydrogens is 407 g/mol. The van der Waals surface area contributed by atoms with Crippen molar-refractivity contribution in [2.24, 2.45) is 5.41 Å². The highest BCUT2D eigenvalue weighted by Crippen LogP contribution is 2.23. The molecule has 2 aromatic carbocycles. The first-order valence-corrected chi connectivity index (χ1v) is 10.8. The van der Waals surface area contributed by atoms with Crippen LogP contribution < -0.4 is 10.2 Å².